The minimum atomic E-state index is 0. The summed E-state index contributed by atoms with van der Waals surface area (Å²) >= 11 is 0. The smallest absolute Gasteiger partial charge is 0.191 e. The molecule has 1 fully saturated rings. The van der Waals surface area contributed by atoms with Crippen LogP contribution in [0.25, 0.3) is 0 Å². The average Bonchev–Trinajstić information content (AvgIpc) is 2.75. The van der Waals surface area contributed by atoms with Gasteiger partial charge >= 0.3 is 0 Å². The van der Waals surface area contributed by atoms with Gasteiger partial charge in [0.2, 0.25) is 0 Å². The lowest BCUT2D eigenvalue weighted by Gasteiger charge is -2.26. The molecule has 30 heavy (non-hydrogen) atoms. The van der Waals surface area contributed by atoms with Crippen LogP contribution in [0.15, 0.2) is 23.2 Å². The van der Waals surface area contributed by atoms with E-state index in [1.807, 2.05) is 6.92 Å². The van der Waals surface area contributed by atoms with Crippen LogP contribution in [-0.2, 0) is 16.0 Å². The zero-order valence-electron chi connectivity index (χ0n) is 18.7. The third-order valence-electron chi connectivity index (χ3n) is 4.88. The molecule has 0 unspecified atom stereocenters. The van der Waals surface area contributed by atoms with Gasteiger partial charge in [0.05, 0.1) is 19.8 Å². The summed E-state index contributed by atoms with van der Waals surface area (Å²) in [7, 11) is 1.80. The van der Waals surface area contributed by atoms with E-state index in [-0.39, 0.29) is 24.0 Å². The van der Waals surface area contributed by atoms with Gasteiger partial charge in [-0.3, -0.25) is 9.89 Å². The Morgan fingerprint density at radius 1 is 1.17 bits per heavy atom. The van der Waals surface area contributed by atoms with Gasteiger partial charge in [-0.15, -0.1) is 24.0 Å². The number of guanidine groups is 1. The van der Waals surface area contributed by atoms with Crippen molar-refractivity contribution in [1.29, 1.82) is 0 Å². The molecule has 1 aromatic rings. The van der Waals surface area contributed by atoms with E-state index in [4.69, 9.17) is 14.2 Å². The molecule has 0 aliphatic carbocycles. The highest BCUT2D eigenvalue weighted by atomic mass is 127. The first-order valence-electron chi connectivity index (χ1n) is 10.8. The van der Waals surface area contributed by atoms with Crippen molar-refractivity contribution >= 4 is 29.9 Å². The van der Waals surface area contributed by atoms with Gasteiger partial charge < -0.3 is 24.8 Å². The van der Waals surface area contributed by atoms with Crippen LogP contribution in [0, 0.1) is 6.92 Å². The fourth-order valence-electron chi connectivity index (χ4n) is 3.19. The topological polar surface area (TPSA) is 67.4 Å². The molecule has 1 heterocycles. The van der Waals surface area contributed by atoms with E-state index in [0.29, 0.717) is 26.4 Å². The molecule has 0 amide bonds. The highest BCUT2D eigenvalue weighted by molar-refractivity contribution is 14.0. The summed E-state index contributed by atoms with van der Waals surface area (Å²) < 4.78 is 16.7. The van der Waals surface area contributed by atoms with E-state index in [9.17, 15) is 0 Å². The number of rotatable bonds is 12. The monoisotopic (exact) mass is 534 g/mol. The zero-order valence-corrected chi connectivity index (χ0v) is 21.1. The second-order valence-electron chi connectivity index (χ2n) is 7.17. The molecule has 1 aromatic carbocycles. The minimum Gasteiger partial charge on any atom is -0.491 e. The molecular formula is C22H39IN4O3. The van der Waals surface area contributed by atoms with Gasteiger partial charge in [0.25, 0.3) is 0 Å². The molecule has 1 saturated heterocycles. The van der Waals surface area contributed by atoms with E-state index in [0.717, 1.165) is 63.1 Å². The van der Waals surface area contributed by atoms with Crippen LogP contribution in [0.1, 0.15) is 30.9 Å². The van der Waals surface area contributed by atoms with Gasteiger partial charge in [-0.05, 0) is 44.9 Å². The Hall–Kier alpha value is -1.10. The predicted molar refractivity (Wildman–Crippen MR) is 133 cm³/mol. The minimum absolute atomic E-state index is 0. The Kier molecular flexibility index (Phi) is 14.9. The van der Waals surface area contributed by atoms with Crippen LogP contribution in [-0.4, -0.2) is 77.1 Å². The number of aliphatic imine (C=N–C) groups is 1. The third-order valence-corrected chi connectivity index (χ3v) is 4.88. The second-order valence-corrected chi connectivity index (χ2v) is 7.17. The lowest BCUT2D eigenvalue weighted by atomic mass is 10.1. The lowest BCUT2D eigenvalue weighted by Crippen LogP contribution is -2.38. The van der Waals surface area contributed by atoms with Crippen molar-refractivity contribution in [1.82, 2.24) is 15.5 Å². The lowest BCUT2D eigenvalue weighted by molar-refractivity contribution is 0.0372. The summed E-state index contributed by atoms with van der Waals surface area (Å²) in [5, 5.41) is 6.79. The van der Waals surface area contributed by atoms with E-state index >= 15 is 0 Å². The summed E-state index contributed by atoms with van der Waals surface area (Å²) in [5.41, 5.74) is 2.30. The van der Waals surface area contributed by atoms with Gasteiger partial charge in [-0.2, -0.15) is 0 Å². The molecule has 172 valence electrons. The standard InChI is InChI=1S/C22H38N4O3.HI/c1-4-27-15-16-29-21-17-19(2)7-8-20(21)18-25-22(23-3)24-9-5-6-10-26-11-13-28-14-12-26;/h7-8,17H,4-6,9-16,18H2,1-3H3,(H2,23,24,25);1H. The van der Waals surface area contributed by atoms with Gasteiger partial charge in [-0.1, -0.05) is 12.1 Å². The summed E-state index contributed by atoms with van der Waals surface area (Å²) in [6, 6.07) is 6.28. The van der Waals surface area contributed by atoms with E-state index < -0.39 is 0 Å². The van der Waals surface area contributed by atoms with Crippen LogP contribution in [0.3, 0.4) is 0 Å². The molecule has 0 bridgehead atoms. The molecule has 0 spiro atoms. The highest BCUT2D eigenvalue weighted by Crippen LogP contribution is 2.20. The highest BCUT2D eigenvalue weighted by Gasteiger charge is 2.09. The Balaban J connectivity index is 0.00000450. The molecular weight excluding hydrogens is 495 g/mol. The van der Waals surface area contributed by atoms with Crippen LogP contribution >= 0.6 is 24.0 Å². The first-order chi connectivity index (χ1) is 14.2. The van der Waals surface area contributed by atoms with Crippen molar-refractivity contribution in [2.45, 2.75) is 33.2 Å². The summed E-state index contributed by atoms with van der Waals surface area (Å²) in [4.78, 5) is 6.80. The molecule has 8 heteroatoms. The number of halogens is 1. The van der Waals surface area contributed by atoms with Crippen molar-refractivity contribution in [2.75, 3.05) is 66.3 Å². The van der Waals surface area contributed by atoms with Crippen molar-refractivity contribution < 1.29 is 14.2 Å². The van der Waals surface area contributed by atoms with Crippen LogP contribution in [0.5, 0.6) is 5.75 Å². The molecule has 0 radical (unpaired) electrons. The van der Waals surface area contributed by atoms with Crippen LogP contribution in [0.2, 0.25) is 0 Å². The molecule has 7 nitrogen and oxygen atoms in total. The second kappa shape index (κ2) is 16.6. The Morgan fingerprint density at radius 2 is 1.97 bits per heavy atom. The largest absolute Gasteiger partial charge is 0.491 e. The van der Waals surface area contributed by atoms with Crippen molar-refractivity contribution in [3.8, 4) is 5.75 Å². The Bertz CT molecular complexity index is 610. The maximum atomic E-state index is 5.92. The number of nitrogens with one attached hydrogen (secondary N) is 2. The number of hydrogen-bond acceptors (Lipinski definition) is 5. The fraction of sp³-hybridized carbons (Fsp3) is 0.682. The van der Waals surface area contributed by atoms with Gasteiger partial charge in [0.15, 0.2) is 5.96 Å². The first kappa shape index (κ1) is 26.9. The number of unbranched alkanes of at least 4 members (excludes halogenated alkanes) is 1. The number of aryl methyl sites for hydroxylation is 1. The van der Waals surface area contributed by atoms with Gasteiger partial charge in [0, 0.05) is 45.4 Å². The number of benzene rings is 1. The van der Waals surface area contributed by atoms with E-state index in [2.05, 4.69) is 45.6 Å². The van der Waals surface area contributed by atoms with Crippen molar-refractivity contribution in [3.05, 3.63) is 29.3 Å². The first-order valence-corrected chi connectivity index (χ1v) is 10.8. The predicted octanol–water partition coefficient (Wildman–Crippen LogP) is 2.81. The van der Waals surface area contributed by atoms with Crippen LogP contribution < -0.4 is 15.4 Å². The molecule has 1 aliphatic rings. The third kappa shape index (κ3) is 10.8. The maximum absolute atomic E-state index is 5.92. The Labute approximate surface area is 199 Å². The maximum Gasteiger partial charge on any atom is 0.191 e. The molecule has 0 atom stereocenters. The van der Waals surface area contributed by atoms with E-state index in [1.54, 1.807) is 7.05 Å². The van der Waals surface area contributed by atoms with Crippen molar-refractivity contribution in [2.24, 2.45) is 4.99 Å². The number of morpholine rings is 1. The SMILES string of the molecule is CCOCCOc1cc(C)ccc1CNC(=NC)NCCCCN1CCOCC1.I. The number of ether oxygens (including phenoxy) is 3. The summed E-state index contributed by atoms with van der Waals surface area (Å²) in [5.74, 6) is 1.72. The molecule has 2 rings (SSSR count). The fourth-order valence-corrected chi connectivity index (χ4v) is 3.19. The van der Waals surface area contributed by atoms with Gasteiger partial charge in [0.1, 0.15) is 12.4 Å². The average molecular weight is 534 g/mol. The molecule has 0 aromatic heterocycles. The quantitative estimate of drug-likeness (QED) is 0.186. The number of nitrogens with zero attached hydrogens (tertiary/aromatic N) is 2. The zero-order chi connectivity index (χ0) is 20.7. The van der Waals surface area contributed by atoms with Gasteiger partial charge in [-0.25, -0.2) is 0 Å². The summed E-state index contributed by atoms with van der Waals surface area (Å²) in [6.07, 6.45) is 2.30. The number of hydrogen-bond donors (Lipinski definition) is 2. The molecule has 0 saturated carbocycles. The van der Waals surface area contributed by atoms with E-state index in [1.165, 1.54) is 12.0 Å². The molecule has 1 aliphatic heterocycles. The normalized spacial score (nSPS) is 14.8. The van der Waals surface area contributed by atoms with Crippen LogP contribution in [0.4, 0.5) is 0 Å². The molecule has 2 N–H and O–H groups in total. The summed E-state index contributed by atoms with van der Waals surface area (Å²) in [6.45, 7) is 12.5. The Morgan fingerprint density at radius 3 is 2.70 bits per heavy atom. The van der Waals surface area contributed by atoms with Crippen molar-refractivity contribution in [3.63, 3.8) is 0 Å².